The number of likely N-dealkylation sites (N-methyl/N-ethyl adjacent to an activating group) is 1. The second kappa shape index (κ2) is 6.16. The Bertz CT molecular complexity index is 363. The zero-order chi connectivity index (χ0) is 13.0. The second-order valence-corrected chi connectivity index (χ2v) is 4.87. The maximum Gasteiger partial charge on any atom is 0.123 e. The zero-order valence-corrected chi connectivity index (χ0v) is 10.8. The lowest BCUT2D eigenvalue weighted by Gasteiger charge is -2.37. The minimum atomic E-state index is -0.211. The molecule has 0 aliphatic carbocycles. The monoisotopic (exact) mass is 252 g/mol. The average molecular weight is 252 g/mol. The molecule has 100 valence electrons. The van der Waals surface area contributed by atoms with Crippen molar-refractivity contribution in [3.05, 3.63) is 30.1 Å². The summed E-state index contributed by atoms with van der Waals surface area (Å²) < 4.78 is 18.5. The molecule has 0 amide bonds. The first-order valence-electron chi connectivity index (χ1n) is 6.48. The fraction of sp³-hybridized carbons (Fsp3) is 0.571. The van der Waals surface area contributed by atoms with Gasteiger partial charge in [-0.3, -0.25) is 0 Å². The Balaban J connectivity index is 2.08. The van der Waals surface area contributed by atoms with Crippen molar-refractivity contribution in [2.45, 2.75) is 18.9 Å². The van der Waals surface area contributed by atoms with Crippen LogP contribution in [0.2, 0.25) is 0 Å². The van der Waals surface area contributed by atoms with Crippen LogP contribution in [-0.4, -0.2) is 32.8 Å². The summed E-state index contributed by atoms with van der Waals surface area (Å²) >= 11 is 0. The third-order valence-corrected chi connectivity index (χ3v) is 3.71. The van der Waals surface area contributed by atoms with E-state index in [1.165, 1.54) is 12.1 Å². The normalized spacial score (nSPS) is 21.6. The van der Waals surface area contributed by atoms with Crippen molar-refractivity contribution >= 4 is 5.69 Å². The number of ether oxygens (including phenoxy) is 1. The van der Waals surface area contributed by atoms with Crippen LogP contribution < -0.4 is 10.6 Å². The standard InChI is InChI=1S/C14H21FN2O/c1-17(13-6-4-12(15)5-7-13)14(9-16)11-3-2-8-18-10-11/h4-7,11,14H,2-3,8-10,16H2,1H3. The lowest BCUT2D eigenvalue weighted by atomic mass is 9.92. The maximum atomic E-state index is 12.9. The molecule has 0 saturated carbocycles. The van der Waals surface area contributed by atoms with Gasteiger partial charge < -0.3 is 15.4 Å². The maximum absolute atomic E-state index is 12.9. The summed E-state index contributed by atoms with van der Waals surface area (Å²) in [4.78, 5) is 2.14. The highest BCUT2D eigenvalue weighted by atomic mass is 19.1. The number of benzene rings is 1. The molecule has 4 heteroatoms. The summed E-state index contributed by atoms with van der Waals surface area (Å²) in [5, 5.41) is 0. The quantitative estimate of drug-likeness (QED) is 0.891. The Hall–Kier alpha value is -1.13. The Morgan fingerprint density at radius 2 is 2.17 bits per heavy atom. The molecule has 0 spiro atoms. The third kappa shape index (κ3) is 3.00. The van der Waals surface area contributed by atoms with Crippen LogP contribution in [0.5, 0.6) is 0 Å². The SMILES string of the molecule is CN(c1ccc(F)cc1)C(CN)C1CCCOC1. The highest BCUT2D eigenvalue weighted by Crippen LogP contribution is 2.24. The molecule has 0 radical (unpaired) electrons. The van der Waals surface area contributed by atoms with Crippen molar-refractivity contribution in [3.63, 3.8) is 0 Å². The van der Waals surface area contributed by atoms with Crippen LogP contribution in [0, 0.1) is 11.7 Å². The minimum absolute atomic E-state index is 0.211. The highest BCUT2D eigenvalue weighted by molar-refractivity contribution is 5.46. The van der Waals surface area contributed by atoms with E-state index >= 15 is 0 Å². The molecule has 1 aliphatic rings. The van der Waals surface area contributed by atoms with Crippen LogP contribution in [0.1, 0.15) is 12.8 Å². The van der Waals surface area contributed by atoms with E-state index in [4.69, 9.17) is 10.5 Å². The van der Waals surface area contributed by atoms with Crippen molar-refractivity contribution in [1.29, 1.82) is 0 Å². The molecule has 2 rings (SSSR count). The van der Waals surface area contributed by atoms with E-state index in [2.05, 4.69) is 4.90 Å². The molecule has 18 heavy (non-hydrogen) atoms. The van der Waals surface area contributed by atoms with E-state index in [-0.39, 0.29) is 11.9 Å². The van der Waals surface area contributed by atoms with Gasteiger partial charge >= 0.3 is 0 Å². The highest BCUT2D eigenvalue weighted by Gasteiger charge is 2.26. The van der Waals surface area contributed by atoms with E-state index in [9.17, 15) is 4.39 Å². The Kier molecular flexibility index (Phi) is 4.55. The van der Waals surface area contributed by atoms with Gasteiger partial charge in [0.1, 0.15) is 5.82 Å². The van der Waals surface area contributed by atoms with Crippen molar-refractivity contribution in [1.82, 2.24) is 0 Å². The van der Waals surface area contributed by atoms with Gasteiger partial charge in [0, 0.05) is 37.8 Å². The molecule has 2 atom stereocenters. The van der Waals surface area contributed by atoms with Crippen molar-refractivity contribution in [3.8, 4) is 0 Å². The molecule has 1 aromatic carbocycles. The lowest BCUT2D eigenvalue weighted by Crippen LogP contribution is -2.46. The number of halogens is 1. The van der Waals surface area contributed by atoms with Gasteiger partial charge in [0.15, 0.2) is 0 Å². The third-order valence-electron chi connectivity index (χ3n) is 3.71. The molecule has 2 unspecified atom stereocenters. The van der Waals surface area contributed by atoms with Crippen LogP contribution in [0.25, 0.3) is 0 Å². The summed E-state index contributed by atoms with van der Waals surface area (Å²) in [6, 6.07) is 6.80. The number of nitrogens with two attached hydrogens (primary N) is 1. The van der Waals surface area contributed by atoms with Crippen molar-refractivity contribution < 1.29 is 9.13 Å². The van der Waals surface area contributed by atoms with Gasteiger partial charge in [-0.05, 0) is 37.1 Å². The molecule has 3 nitrogen and oxygen atoms in total. The van der Waals surface area contributed by atoms with Gasteiger partial charge in [-0.15, -0.1) is 0 Å². The van der Waals surface area contributed by atoms with Crippen LogP contribution in [0.4, 0.5) is 10.1 Å². The molecule has 1 saturated heterocycles. The lowest BCUT2D eigenvalue weighted by molar-refractivity contribution is 0.0453. The van der Waals surface area contributed by atoms with Crippen molar-refractivity contribution in [2.24, 2.45) is 11.7 Å². The van der Waals surface area contributed by atoms with Gasteiger partial charge in [-0.1, -0.05) is 0 Å². The predicted molar refractivity (Wildman–Crippen MR) is 71.2 cm³/mol. The molecule has 0 aromatic heterocycles. The molecular weight excluding hydrogens is 231 g/mol. The smallest absolute Gasteiger partial charge is 0.123 e. The fourth-order valence-electron chi connectivity index (χ4n) is 2.60. The molecule has 1 aromatic rings. The minimum Gasteiger partial charge on any atom is -0.381 e. The van der Waals surface area contributed by atoms with Crippen LogP contribution in [0.3, 0.4) is 0 Å². The topological polar surface area (TPSA) is 38.5 Å². The second-order valence-electron chi connectivity index (χ2n) is 4.87. The first-order chi connectivity index (χ1) is 8.72. The molecule has 2 N–H and O–H groups in total. The molecule has 1 aliphatic heterocycles. The fourth-order valence-corrected chi connectivity index (χ4v) is 2.60. The first kappa shape index (κ1) is 13.3. The predicted octanol–water partition coefficient (Wildman–Crippen LogP) is 2.02. The van der Waals surface area contributed by atoms with E-state index in [0.717, 1.165) is 31.7 Å². The molecule has 1 heterocycles. The van der Waals surface area contributed by atoms with Crippen LogP contribution >= 0.6 is 0 Å². The Labute approximate surface area is 108 Å². The number of nitrogens with zero attached hydrogens (tertiary/aromatic N) is 1. The van der Waals surface area contributed by atoms with E-state index in [0.29, 0.717) is 12.5 Å². The van der Waals surface area contributed by atoms with Gasteiger partial charge in [0.05, 0.1) is 6.61 Å². The summed E-state index contributed by atoms with van der Waals surface area (Å²) in [5.74, 6) is 0.247. The van der Waals surface area contributed by atoms with Gasteiger partial charge in [0.2, 0.25) is 0 Å². The largest absolute Gasteiger partial charge is 0.381 e. The average Bonchev–Trinajstić information content (AvgIpc) is 2.41. The summed E-state index contributed by atoms with van der Waals surface area (Å²) in [6.45, 7) is 2.21. The number of rotatable bonds is 4. The Morgan fingerprint density at radius 3 is 2.72 bits per heavy atom. The van der Waals surface area contributed by atoms with Gasteiger partial charge in [-0.25, -0.2) is 4.39 Å². The molecule has 1 fully saturated rings. The van der Waals surface area contributed by atoms with Gasteiger partial charge in [0.25, 0.3) is 0 Å². The first-order valence-corrected chi connectivity index (χ1v) is 6.48. The number of hydrogen-bond acceptors (Lipinski definition) is 3. The summed E-state index contributed by atoms with van der Waals surface area (Å²) in [6.07, 6.45) is 2.24. The van der Waals surface area contributed by atoms with Crippen LogP contribution in [0.15, 0.2) is 24.3 Å². The summed E-state index contributed by atoms with van der Waals surface area (Å²) in [7, 11) is 2.01. The molecule has 0 bridgehead atoms. The van der Waals surface area contributed by atoms with E-state index in [1.807, 2.05) is 7.05 Å². The number of hydrogen-bond donors (Lipinski definition) is 1. The van der Waals surface area contributed by atoms with E-state index < -0.39 is 0 Å². The zero-order valence-electron chi connectivity index (χ0n) is 10.8. The van der Waals surface area contributed by atoms with E-state index in [1.54, 1.807) is 12.1 Å². The van der Waals surface area contributed by atoms with Crippen molar-refractivity contribution in [2.75, 3.05) is 31.7 Å². The van der Waals surface area contributed by atoms with Crippen LogP contribution in [-0.2, 0) is 4.74 Å². The Morgan fingerprint density at radius 1 is 1.44 bits per heavy atom. The summed E-state index contributed by atoms with van der Waals surface area (Å²) in [5.41, 5.74) is 6.90. The molecular formula is C14H21FN2O. The van der Waals surface area contributed by atoms with Gasteiger partial charge in [-0.2, -0.15) is 0 Å². The number of anilines is 1.